The highest BCUT2D eigenvalue weighted by atomic mass is 16.5. The van der Waals surface area contributed by atoms with Gasteiger partial charge in [0.25, 0.3) is 0 Å². The number of amides is 1. The summed E-state index contributed by atoms with van der Waals surface area (Å²) in [6.07, 6.45) is 0. The van der Waals surface area contributed by atoms with E-state index in [0.29, 0.717) is 19.8 Å². The van der Waals surface area contributed by atoms with E-state index in [1.165, 1.54) is 6.92 Å². The highest BCUT2D eigenvalue weighted by Gasteiger charge is 1.96. The van der Waals surface area contributed by atoms with Crippen molar-refractivity contribution in [1.29, 1.82) is 0 Å². The molecule has 0 bridgehead atoms. The minimum absolute atomic E-state index is 0.0674. The zero-order valence-corrected chi connectivity index (χ0v) is 10.9. The van der Waals surface area contributed by atoms with Crippen molar-refractivity contribution >= 4 is 17.3 Å². The number of nitrogens with one attached hydrogen (secondary N) is 2. The Morgan fingerprint density at radius 2 is 1.78 bits per heavy atom. The van der Waals surface area contributed by atoms with Crippen LogP contribution in [0.4, 0.5) is 11.4 Å². The van der Waals surface area contributed by atoms with Gasteiger partial charge in [-0.2, -0.15) is 0 Å². The van der Waals surface area contributed by atoms with E-state index in [4.69, 9.17) is 9.47 Å². The maximum atomic E-state index is 10.8. The van der Waals surface area contributed by atoms with E-state index >= 15 is 0 Å². The monoisotopic (exact) mass is 252 g/mol. The van der Waals surface area contributed by atoms with Crippen LogP contribution >= 0.6 is 0 Å². The molecule has 5 heteroatoms. The molecule has 18 heavy (non-hydrogen) atoms. The Morgan fingerprint density at radius 3 is 2.39 bits per heavy atom. The molecule has 0 aliphatic carbocycles. The first-order chi connectivity index (χ1) is 8.72. The smallest absolute Gasteiger partial charge is 0.221 e. The summed E-state index contributed by atoms with van der Waals surface area (Å²) in [4.78, 5) is 10.8. The molecular weight excluding hydrogens is 232 g/mol. The molecule has 0 heterocycles. The molecule has 0 aromatic heterocycles. The molecule has 1 rings (SSSR count). The lowest BCUT2D eigenvalue weighted by atomic mass is 10.3. The number of rotatable bonds is 8. The third kappa shape index (κ3) is 6.22. The lowest BCUT2D eigenvalue weighted by Crippen LogP contribution is -2.12. The first-order valence-corrected chi connectivity index (χ1v) is 5.90. The molecule has 0 fully saturated rings. The topological polar surface area (TPSA) is 59.6 Å². The molecule has 1 aromatic carbocycles. The van der Waals surface area contributed by atoms with E-state index < -0.39 is 0 Å². The minimum Gasteiger partial charge on any atom is -0.383 e. The molecule has 0 unspecified atom stereocenters. The molecule has 1 amide bonds. The molecular formula is C13H20N2O3. The van der Waals surface area contributed by atoms with Gasteiger partial charge in [-0.25, -0.2) is 0 Å². The van der Waals surface area contributed by atoms with Crippen molar-refractivity contribution in [3.8, 4) is 0 Å². The van der Waals surface area contributed by atoms with Crippen molar-refractivity contribution in [3.63, 3.8) is 0 Å². The molecule has 0 atom stereocenters. The van der Waals surface area contributed by atoms with E-state index in [1.807, 2.05) is 24.3 Å². The maximum Gasteiger partial charge on any atom is 0.221 e. The largest absolute Gasteiger partial charge is 0.383 e. The Morgan fingerprint density at radius 1 is 1.11 bits per heavy atom. The minimum atomic E-state index is -0.0674. The second-order valence-corrected chi connectivity index (χ2v) is 3.79. The fourth-order valence-electron chi connectivity index (χ4n) is 1.39. The number of carbonyl (C=O) groups excluding carboxylic acids is 1. The van der Waals surface area contributed by atoms with Gasteiger partial charge in [0.1, 0.15) is 0 Å². The molecule has 0 saturated carbocycles. The number of anilines is 2. The van der Waals surface area contributed by atoms with E-state index in [9.17, 15) is 4.79 Å². The fourth-order valence-corrected chi connectivity index (χ4v) is 1.39. The van der Waals surface area contributed by atoms with Crippen LogP contribution in [0.5, 0.6) is 0 Å². The van der Waals surface area contributed by atoms with Gasteiger partial charge in [-0.15, -0.1) is 0 Å². The van der Waals surface area contributed by atoms with E-state index in [1.54, 1.807) is 7.11 Å². The average Bonchev–Trinajstić information content (AvgIpc) is 2.35. The molecule has 0 radical (unpaired) electrons. The fraction of sp³-hybridized carbons (Fsp3) is 0.462. The molecule has 0 aliphatic rings. The first-order valence-electron chi connectivity index (χ1n) is 5.90. The normalized spacial score (nSPS) is 10.1. The van der Waals surface area contributed by atoms with Gasteiger partial charge < -0.3 is 20.1 Å². The van der Waals surface area contributed by atoms with Crippen LogP contribution in [0.15, 0.2) is 24.3 Å². The average molecular weight is 252 g/mol. The van der Waals surface area contributed by atoms with Crippen LogP contribution in [0.3, 0.4) is 0 Å². The Kier molecular flexibility index (Phi) is 6.83. The highest BCUT2D eigenvalue weighted by Crippen LogP contribution is 2.12. The maximum absolute atomic E-state index is 10.8. The second kappa shape index (κ2) is 8.49. The Bertz CT molecular complexity index is 352. The van der Waals surface area contributed by atoms with E-state index in [0.717, 1.165) is 17.9 Å². The van der Waals surface area contributed by atoms with Gasteiger partial charge in [0, 0.05) is 32.0 Å². The summed E-state index contributed by atoms with van der Waals surface area (Å²) in [5, 5.41) is 5.94. The predicted molar refractivity (Wildman–Crippen MR) is 71.9 cm³/mol. The third-order valence-corrected chi connectivity index (χ3v) is 2.21. The SMILES string of the molecule is COCCOCCNc1ccc(NC(C)=O)cc1. The molecule has 100 valence electrons. The molecule has 5 nitrogen and oxygen atoms in total. The first kappa shape index (κ1) is 14.5. The third-order valence-electron chi connectivity index (χ3n) is 2.21. The lowest BCUT2D eigenvalue weighted by Gasteiger charge is -2.08. The van der Waals surface area contributed by atoms with Gasteiger partial charge in [0.05, 0.1) is 19.8 Å². The molecule has 0 spiro atoms. The van der Waals surface area contributed by atoms with Crippen molar-refractivity contribution < 1.29 is 14.3 Å². The van der Waals surface area contributed by atoms with Crippen LogP contribution < -0.4 is 10.6 Å². The van der Waals surface area contributed by atoms with Crippen molar-refractivity contribution in [2.75, 3.05) is 44.1 Å². The molecule has 1 aromatic rings. The van der Waals surface area contributed by atoms with Gasteiger partial charge in [-0.05, 0) is 24.3 Å². The summed E-state index contributed by atoms with van der Waals surface area (Å²) < 4.78 is 10.2. The van der Waals surface area contributed by atoms with E-state index in [2.05, 4.69) is 10.6 Å². The number of ether oxygens (including phenoxy) is 2. The van der Waals surface area contributed by atoms with Gasteiger partial charge in [0.15, 0.2) is 0 Å². The van der Waals surface area contributed by atoms with Gasteiger partial charge >= 0.3 is 0 Å². The van der Waals surface area contributed by atoms with Crippen molar-refractivity contribution in [3.05, 3.63) is 24.3 Å². The van der Waals surface area contributed by atoms with Crippen LogP contribution in [-0.2, 0) is 14.3 Å². The summed E-state index contributed by atoms with van der Waals surface area (Å²) in [6.45, 7) is 4.09. The summed E-state index contributed by atoms with van der Waals surface area (Å²) in [7, 11) is 1.65. The van der Waals surface area contributed by atoms with Crippen LogP contribution in [0.2, 0.25) is 0 Å². The Balaban J connectivity index is 2.20. The van der Waals surface area contributed by atoms with Crippen molar-refractivity contribution in [2.24, 2.45) is 0 Å². The van der Waals surface area contributed by atoms with Crippen molar-refractivity contribution in [2.45, 2.75) is 6.92 Å². The number of benzene rings is 1. The Hall–Kier alpha value is -1.59. The van der Waals surface area contributed by atoms with Gasteiger partial charge in [0.2, 0.25) is 5.91 Å². The quantitative estimate of drug-likeness (QED) is 0.692. The molecule has 0 aliphatic heterocycles. The van der Waals surface area contributed by atoms with Crippen LogP contribution in [0.25, 0.3) is 0 Å². The second-order valence-electron chi connectivity index (χ2n) is 3.79. The number of carbonyl (C=O) groups is 1. The Labute approximate surface area is 107 Å². The summed E-state index contributed by atoms with van der Waals surface area (Å²) >= 11 is 0. The summed E-state index contributed by atoms with van der Waals surface area (Å²) in [5.41, 5.74) is 1.80. The lowest BCUT2D eigenvalue weighted by molar-refractivity contribution is -0.114. The molecule has 2 N–H and O–H groups in total. The number of hydrogen-bond acceptors (Lipinski definition) is 4. The number of hydrogen-bond donors (Lipinski definition) is 2. The number of methoxy groups -OCH3 is 1. The predicted octanol–water partition coefficient (Wildman–Crippen LogP) is 1.72. The van der Waals surface area contributed by atoms with Gasteiger partial charge in [-0.1, -0.05) is 0 Å². The van der Waals surface area contributed by atoms with Crippen LogP contribution in [0, 0.1) is 0 Å². The zero-order chi connectivity index (χ0) is 13.2. The highest BCUT2D eigenvalue weighted by molar-refractivity contribution is 5.88. The van der Waals surface area contributed by atoms with Crippen LogP contribution in [0.1, 0.15) is 6.92 Å². The zero-order valence-electron chi connectivity index (χ0n) is 10.9. The summed E-state index contributed by atoms with van der Waals surface area (Å²) in [6, 6.07) is 7.55. The van der Waals surface area contributed by atoms with E-state index in [-0.39, 0.29) is 5.91 Å². The van der Waals surface area contributed by atoms with Crippen molar-refractivity contribution in [1.82, 2.24) is 0 Å². The standard InChI is InChI=1S/C13H20N2O3/c1-11(16)15-13-5-3-12(4-6-13)14-7-8-18-10-9-17-2/h3-6,14H,7-10H2,1-2H3,(H,15,16). The van der Waals surface area contributed by atoms with Crippen LogP contribution in [-0.4, -0.2) is 39.4 Å². The van der Waals surface area contributed by atoms with Gasteiger partial charge in [-0.3, -0.25) is 4.79 Å². The molecule has 0 saturated heterocycles. The summed E-state index contributed by atoms with van der Waals surface area (Å²) in [5.74, 6) is -0.0674.